The van der Waals surface area contributed by atoms with Gasteiger partial charge in [-0.3, -0.25) is 4.90 Å². The number of benzene rings is 1. The van der Waals surface area contributed by atoms with Crippen LogP contribution in [0, 0.1) is 0 Å². The van der Waals surface area contributed by atoms with Crippen LogP contribution in [0.2, 0.25) is 0 Å². The van der Waals surface area contributed by atoms with Crippen molar-refractivity contribution < 1.29 is 14.2 Å². The van der Waals surface area contributed by atoms with Crippen molar-refractivity contribution in [2.45, 2.75) is 37.6 Å². The highest BCUT2D eigenvalue weighted by molar-refractivity contribution is 5.33. The first-order valence-corrected chi connectivity index (χ1v) is 9.76. The van der Waals surface area contributed by atoms with Gasteiger partial charge in [0.05, 0.1) is 13.2 Å². The number of likely N-dealkylation sites (tertiary alicyclic amines) is 1. The van der Waals surface area contributed by atoms with E-state index in [1.54, 1.807) is 25.9 Å². The highest BCUT2D eigenvalue weighted by Gasteiger charge is 2.33. The van der Waals surface area contributed by atoms with E-state index < -0.39 is 0 Å². The zero-order valence-electron chi connectivity index (χ0n) is 15.8. The van der Waals surface area contributed by atoms with Crippen LogP contribution < -0.4 is 4.74 Å². The predicted octanol–water partition coefficient (Wildman–Crippen LogP) is 4.88. The number of ether oxygens (including phenoxy) is 3. The summed E-state index contributed by atoms with van der Waals surface area (Å²) in [6.45, 7) is 2.07. The van der Waals surface area contributed by atoms with Crippen LogP contribution in [0.4, 0.5) is 0 Å². The van der Waals surface area contributed by atoms with Gasteiger partial charge in [-0.05, 0) is 61.4 Å². The standard InChI is InChI=1S/C23H27NO3/c1-25-21-11-5-9-19(15-21)20-10-6-12-24(16-20)23(18-7-3-2-4-8-18)22-17-26-13-14-27-22/h2-3,5,7,9,11,13-15,17,20,23H,4,6,8,10,12,16H2,1H3. The van der Waals surface area contributed by atoms with Crippen LogP contribution in [0.15, 0.2) is 72.6 Å². The van der Waals surface area contributed by atoms with E-state index in [4.69, 9.17) is 14.2 Å². The largest absolute Gasteiger partial charge is 0.497 e. The van der Waals surface area contributed by atoms with Gasteiger partial charge < -0.3 is 14.2 Å². The van der Waals surface area contributed by atoms with Crippen LogP contribution in [0.5, 0.6) is 5.75 Å². The summed E-state index contributed by atoms with van der Waals surface area (Å²) in [5, 5.41) is 0. The number of nitrogens with zero attached hydrogens (tertiary/aromatic N) is 1. The maximum absolute atomic E-state index is 5.85. The second kappa shape index (κ2) is 8.49. The number of rotatable bonds is 5. The summed E-state index contributed by atoms with van der Waals surface area (Å²) in [6, 6.07) is 8.62. The summed E-state index contributed by atoms with van der Waals surface area (Å²) in [6.07, 6.45) is 16.1. The van der Waals surface area contributed by atoms with Gasteiger partial charge in [0.25, 0.3) is 0 Å². The average Bonchev–Trinajstić information content (AvgIpc) is 2.76. The molecule has 1 aromatic rings. The lowest BCUT2D eigenvalue weighted by Gasteiger charge is -2.40. The van der Waals surface area contributed by atoms with E-state index in [2.05, 4.69) is 41.3 Å². The van der Waals surface area contributed by atoms with Gasteiger partial charge in [-0.25, -0.2) is 0 Å². The smallest absolute Gasteiger partial charge is 0.160 e. The molecule has 2 unspecified atom stereocenters. The fourth-order valence-electron chi connectivity index (χ4n) is 4.26. The first-order chi connectivity index (χ1) is 13.3. The van der Waals surface area contributed by atoms with Gasteiger partial charge in [-0.1, -0.05) is 30.4 Å². The maximum Gasteiger partial charge on any atom is 0.160 e. The minimum absolute atomic E-state index is 0.133. The van der Waals surface area contributed by atoms with Crippen LogP contribution in [0.3, 0.4) is 0 Å². The Kier molecular flexibility index (Phi) is 5.64. The van der Waals surface area contributed by atoms with Gasteiger partial charge in [0.15, 0.2) is 5.76 Å². The summed E-state index contributed by atoms with van der Waals surface area (Å²) in [5.74, 6) is 2.31. The normalized spacial score (nSPS) is 23.7. The van der Waals surface area contributed by atoms with E-state index in [-0.39, 0.29) is 6.04 Å². The van der Waals surface area contributed by atoms with Crippen LogP contribution in [0.25, 0.3) is 0 Å². The van der Waals surface area contributed by atoms with Crippen molar-refractivity contribution >= 4 is 0 Å². The highest BCUT2D eigenvalue weighted by atomic mass is 16.5. The molecular weight excluding hydrogens is 338 g/mol. The van der Waals surface area contributed by atoms with Crippen LogP contribution in [-0.2, 0) is 9.47 Å². The third kappa shape index (κ3) is 4.11. The molecule has 142 valence electrons. The van der Waals surface area contributed by atoms with Crippen molar-refractivity contribution in [2.24, 2.45) is 0 Å². The summed E-state index contributed by atoms with van der Waals surface area (Å²) >= 11 is 0. The summed E-state index contributed by atoms with van der Waals surface area (Å²) in [5.41, 5.74) is 2.75. The molecule has 0 saturated carbocycles. The molecular formula is C23H27NO3. The number of allylic oxidation sites excluding steroid dienone is 3. The third-order valence-electron chi connectivity index (χ3n) is 5.57. The molecule has 0 bridgehead atoms. The fraction of sp³-hybridized carbons (Fsp3) is 0.391. The maximum atomic E-state index is 5.85. The molecule has 2 atom stereocenters. The van der Waals surface area contributed by atoms with Gasteiger partial charge >= 0.3 is 0 Å². The molecule has 4 heteroatoms. The molecule has 2 heterocycles. The molecule has 1 saturated heterocycles. The molecule has 0 radical (unpaired) electrons. The molecule has 0 spiro atoms. The Labute approximate surface area is 161 Å². The van der Waals surface area contributed by atoms with Gasteiger partial charge in [0.1, 0.15) is 24.5 Å². The van der Waals surface area contributed by atoms with Crippen molar-refractivity contribution in [3.63, 3.8) is 0 Å². The number of hydrogen-bond donors (Lipinski definition) is 0. The number of methoxy groups -OCH3 is 1. The molecule has 3 aliphatic rings. The van der Waals surface area contributed by atoms with Crippen molar-refractivity contribution in [1.82, 2.24) is 4.90 Å². The lowest BCUT2D eigenvalue weighted by Crippen LogP contribution is -2.44. The van der Waals surface area contributed by atoms with Gasteiger partial charge in [0, 0.05) is 6.54 Å². The van der Waals surface area contributed by atoms with Gasteiger partial charge in [-0.2, -0.15) is 0 Å². The molecule has 27 heavy (non-hydrogen) atoms. The summed E-state index contributed by atoms with van der Waals surface area (Å²) in [4.78, 5) is 2.55. The zero-order chi connectivity index (χ0) is 18.5. The molecule has 1 aliphatic carbocycles. The fourth-order valence-corrected chi connectivity index (χ4v) is 4.26. The van der Waals surface area contributed by atoms with Crippen molar-refractivity contribution in [3.8, 4) is 5.75 Å². The minimum atomic E-state index is 0.133. The Morgan fingerprint density at radius 3 is 3.00 bits per heavy atom. The predicted molar refractivity (Wildman–Crippen MR) is 106 cm³/mol. The first kappa shape index (κ1) is 17.9. The van der Waals surface area contributed by atoms with Crippen LogP contribution in [-0.4, -0.2) is 31.1 Å². The second-order valence-corrected chi connectivity index (χ2v) is 7.27. The monoisotopic (exact) mass is 365 g/mol. The molecule has 0 N–H and O–H groups in total. The van der Waals surface area contributed by atoms with Crippen molar-refractivity contribution in [3.05, 3.63) is 78.2 Å². The Balaban J connectivity index is 1.58. The van der Waals surface area contributed by atoms with Crippen molar-refractivity contribution in [2.75, 3.05) is 20.2 Å². The highest BCUT2D eigenvalue weighted by Crippen LogP contribution is 2.35. The lowest BCUT2D eigenvalue weighted by atomic mass is 9.87. The topological polar surface area (TPSA) is 30.9 Å². The molecule has 0 amide bonds. The van der Waals surface area contributed by atoms with Crippen LogP contribution >= 0.6 is 0 Å². The average molecular weight is 365 g/mol. The van der Waals surface area contributed by atoms with E-state index in [0.29, 0.717) is 5.92 Å². The Hall–Kier alpha value is -2.46. The Morgan fingerprint density at radius 2 is 2.22 bits per heavy atom. The molecule has 1 fully saturated rings. The van der Waals surface area contributed by atoms with E-state index in [1.807, 2.05) is 6.07 Å². The second-order valence-electron chi connectivity index (χ2n) is 7.27. The molecule has 1 aromatic carbocycles. The molecule has 2 aliphatic heterocycles. The SMILES string of the molecule is COc1cccc(C2CCCN(C(C3=CC=CCC3)C3=COC=CO3)C2)c1. The first-order valence-electron chi connectivity index (χ1n) is 9.76. The molecule has 0 aromatic heterocycles. The van der Waals surface area contributed by atoms with Gasteiger partial charge in [-0.15, -0.1) is 0 Å². The van der Waals surface area contributed by atoms with E-state index in [0.717, 1.165) is 37.4 Å². The molecule has 4 rings (SSSR count). The van der Waals surface area contributed by atoms with E-state index >= 15 is 0 Å². The minimum Gasteiger partial charge on any atom is -0.497 e. The molecule has 4 nitrogen and oxygen atoms in total. The Morgan fingerprint density at radius 1 is 1.26 bits per heavy atom. The third-order valence-corrected chi connectivity index (χ3v) is 5.57. The zero-order valence-corrected chi connectivity index (χ0v) is 15.8. The van der Waals surface area contributed by atoms with E-state index in [1.165, 1.54) is 24.0 Å². The number of piperidine rings is 1. The van der Waals surface area contributed by atoms with Crippen LogP contribution in [0.1, 0.15) is 37.2 Å². The number of hydrogen-bond acceptors (Lipinski definition) is 4. The summed E-state index contributed by atoms with van der Waals surface area (Å²) < 4.78 is 16.7. The van der Waals surface area contributed by atoms with Gasteiger partial charge in [0.2, 0.25) is 0 Å². The Bertz CT molecular complexity index is 778. The van der Waals surface area contributed by atoms with Crippen molar-refractivity contribution in [1.29, 1.82) is 0 Å². The lowest BCUT2D eigenvalue weighted by molar-refractivity contribution is 0.131. The summed E-state index contributed by atoms with van der Waals surface area (Å²) in [7, 11) is 1.73. The quantitative estimate of drug-likeness (QED) is 0.744. The van der Waals surface area contributed by atoms with E-state index in [9.17, 15) is 0 Å².